The van der Waals surface area contributed by atoms with E-state index >= 15 is 0 Å². The predicted molar refractivity (Wildman–Crippen MR) is 80.1 cm³/mol. The fraction of sp³-hybridized carbons (Fsp3) is 0.647. The van der Waals surface area contributed by atoms with Crippen molar-refractivity contribution in [1.29, 1.82) is 0 Å². The molecule has 2 fully saturated rings. The molecular formula is C17H26N2. The van der Waals surface area contributed by atoms with E-state index < -0.39 is 0 Å². The summed E-state index contributed by atoms with van der Waals surface area (Å²) in [5.41, 5.74) is 2.98. The van der Waals surface area contributed by atoms with Crippen LogP contribution in [-0.4, -0.2) is 19.6 Å². The number of hydrogen-bond donors (Lipinski definition) is 2. The molecule has 0 saturated heterocycles. The lowest BCUT2D eigenvalue weighted by molar-refractivity contribution is 0.415. The van der Waals surface area contributed by atoms with Crippen LogP contribution in [0.1, 0.15) is 36.8 Å². The van der Waals surface area contributed by atoms with E-state index in [4.69, 9.17) is 0 Å². The van der Waals surface area contributed by atoms with Gasteiger partial charge in [0.1, 0.15) is 0 Å². The topological polar surface area (TPSA) is 24.1 Å². The van der Waals surface area contributed by atoms with Gasteiger partial charge in [-0.15, -0.1) is 0 Å². The molecule has 0 amide bonds. The Hall–Kier alpha value is -0.860. The smallest absolute Gasteiger partial charge is 0.0211 e. The minimum atomic E-state index is 0.803. The van der Waals surface area contributed by atoms with Crippen molar-refractivity contribution in [2.45, 2.75) is 44.7 Å². The molecule has 2 aliphatic carbocycles. The Balaban J connectivity index is 1.58. The van der Waals surface area contributed by atoms with Gasteiger partial charge < -0.3 is 10.6 Å². The van der Waals surface area contributed by atoms with E-state index in [9.17, 15) is 0 Å². The van der Waals surface area contributed by atoms with Crippen molar-refractivity contribution in [1.82, 2.24) is 10.6 Å². The summed E-state index contributed by atoms with van der Waals surface area (Å²) in [4.78, 5) is 0. The van der Waals surface area contributed by atoms with Crippen LogP contribution in [-0.2, 0) is 13.0 Å². The van der Waals surface area contributed by atoms with Crippen LogP contribution in [0.15, 0.2) is 24.3 Å². The van der Waals surface area contributed by atoms with E-state index in [1.165, 1.54) is 36.8 Å². The highest BCUT2D eigenvalue weighted by Crippen LogP contribution is 2.44. The minimum Gasteiger partial charge on any atom is -0.319 e. The van der Waals surface area contributed by atoms with Gasteiger partial charge >= 0.3 is 0 Å². The maximum atomic E-state index is 3.86. The van der Waals surface area contributed by atoms with Crippen LogP contribution in [0.4, 0.5) is 0 Å². The van der Waals surface area contributed by atoms with Crippen LogP contribution in [0.2, 0.25) is 0 Å². The van der Waals surface area contributed by atoms with Gasteiger partial charge in [-0.3, -0.25) is 0 Å². The van der Waals surface area contributed by atoms with Crippen molar-refractivity contribution in [3.05, 3.63) is 35.4 Å². The summed E-state index contributed by atoms with van der Waals surface area (Å²) in [7, 11) is 2.02. The van der Waals surface area contributed by atoms with Gasteiger partial charge in [-0.2, -0.15) is 0 Å². The molecule has 2 N–H and O–H groups in total. The molecule has 0 unspecified atom stereocenters. The van der Waals surface area contributed by atoms with E-state index in [0.717, 1.165) is 37.4 Å². The zero-order valence-electron chi connectivity index (χ0n) is 12.0. The highest BCUT2D eigenvalue weighted by atomic mass is 14.9. The summed E-state index contributed by atoms with van der Waals surface area (Å²) in [6.07, 6.45) is 6.95. The van der Waals surface area contributed by atoms with Gasteiger partial charge in [0.2, 0.25) is 0 Å². The number of benzene rings is 1. The Morgan fingerprint density at radius 2 is 1.68 bits per heavy atom. The fourth-order valence-electron chi connectivity index (χ4n) is 3.09. The molecular weight excluding hydrogens is 232 g/mol. The van der Waals surface area contributed by atoms with E-state index in [0.29, 0.717) is 0 Å². The second kappa shape index (κ2) is 6.06. The number of hydrogen-bond acceptors (Lipinski definition) is 2. The van der Waals surface area contributed by atoms with Crippen molar-refractivity contribution >= 4 is 0 Å². The molecule has 2 aliphatic rings. The molecule has 0 bridgehead atoms. The average Bonchev–Trinajstić information content (AvgIpc) is 3.30. The maximum absolute atomic E-state index is 3.86. The van der Waals surface area contributed by atoms with Crippen LogP contribution in [0.25, 0.3) is 0 Å². The first-order valence-corrected chi connectivity index (χ1v) is 7.83. The molecule has 0 aliphatic heterocycles. The normalized spacial score (nSPS) is 19.1. The SMILES string of the molecule is CNCCc1ccccc1CNC(C1CC1)C1CC1. The Morgan fingerprint density at radius 3 is 2.26 bits per heavy atom. The average molecular weight is 258 g/mol. The second-order valence-corrected chi connectivity index (χ2v) is 6.20. The molecule has 1 aromatic carbocycles. The van der Waals surface area contributed by atoms with Gasteiger partial charge in [0.15, 0.2) is 0 Å². The predicted octanol–water partition coefficient (Wildman–Crippen LogP) is 2.73. The molecule has 19 heavy (non-hydrogen) atoms. The Morgan fingerprint density at radius 1 is 1.05 bits per heavy atom. The third-order valence-electron chi connectivity index (χ3n) is 4.55. The lowest BCUT2D eigenvalue weighted by Gasteiger charge is -2.19. The summed E-state index contributed by atoms with van der Waals surface area (Å²) in [6, 6.07) is 9.70. The monoisotopic (exact) mass is 258 g/mol. The molecule has 0 aromatic heterocycles. The molecule has 2 saturated carbocycles. The van der Waals surface area contributed by atoms with Crippen LogP contribution >= 0.6 is 0 Å². The van der Waals surface area contributed by atoms with Gasteiger partial charge in [0.25, 0.3) is 0 Å². The third-order valence-corrected chi connectivity index (χ3v) is 4.55. The molecule has 1 aromatic rings. The first-order valence-electron chi connectivity index (χ1n) is 7.83. The van der Waals surface area contributed by atoms with E-state index in [-0.39, 0.29) is 0 Å². The van der Waals surface area contributed by atoms with Crippen LogP contribution < -0.4 is 10.6 Å². The first-order chi connectivity index (χ1) is 9.38. The molecule has 0 spiro atoms. The van der Waals surface area contributed by atoms with Crippen LogP contribution in [0.5, 0.6) is 0 Å². The number of rotatable bonds is 8. The Labute approximate surface area is 117 Å². The molecule has 2 nitrogen and oxygen atoms in total. The quantitative estimate of drug-likeness (QED) is 0.749. The molecule has 0 atom stereocenters. The second-order valence-electron chi connectivity index (χ2n) is 6.20. The fourth-order valence-corrected chi connectivity index (χ4v) is 3.09. The first kappa shape index (κ1) is 13.1. The third kappa shape index (κ3) is 3.58. The van der Waals surface area contributed by atoms with Crippen molar-refractivity contribution in [3.63, 3.8) is 0 Å². The highest BCUT2D eigenvalue weighted by molar-refractivity contribution is 5.27. The molecule has 0 heterocycles. The van der Waals surface area contributed by atoms with E-state index in [2.05, 4.69) is 34.9 Å². The standard InChI is InChI=1S/C17H26N2/c1-18-11-10-13-4-2-3-5-16(13)12-19-17(14-6-7-14)15-8-9-15/h2-5,14-15,17-19H,6-12H2,1H3. The van der Waals surface area contributed by atoms with Gasteiger partial charge in [-0.25, -0.2) is 0 Å². The number of nitrogens with one attached hydrogen (secondary N) is 2. The van der Waals surface area contributed by atoms with Gasteiger partial charge in [-0.1, -0.05) is 24.3 Å². The molecule has 0 radical (unpaired) electrons. The summed E-state index contributed by atoms with van der Waals surface area (Å²) >= 11 is 0. The van der Waals surface area contributed by atoms with E-state index in [1.807, 2.05) is 7.05 Å². The zero-order valence-corrected chi connectivity index (χ0v) is 12.0. The molecule has 2 heteroatoms. The van der Waals surface area contributed by atoms with Crippen molar-refractivity contribution in [2.24, 2.45) is 11.8 Å². The Kier molecular flexibility index (Phi) is 4.19. The maximum Gasteiger partial charge on any atom is 0.0211 e. The molecule has 3 rings (SSSR count). The lowest BCUT2D eigenvalue weighted by Crippen LogP contribution is -2.33. The summed E-state index contributed by atoms with van der Waals surface area (Å²) < 4.78 is 0. The zero-order chi connectivity index (χ0) is 13.1. The summed E-state index contributed by atoms with van der Waals surface area (Å²) in [5.74, 6) is 1.97. The van der Waals surface area contributed by atoms with Crippen molar-refractivity contribution < 1.29 is 0 Å². The summed E-state index contributed by atoms with van der Waals surface area (Å²) in [6.45, 7) is 2.11. The van der Waals surface area contributed by atoms with Gasteiger partial charge in [-0.05, 0) is 68.7 Å². The molecule has 104 valence electrons. The van der Waals surface area contributed by atoms with Gasteiger partial charge in [0.05, 0.1) is 0 Å². The van der Waals surface area contributed by atoms with Crippen molar-refractivity contribution in [2.75, 3.05) is 13.6 Å². The highest BCUT2D eigenvalue weighted by Gasteiger charge is 2.40. The van der Waals surface area contributed by atoms with Crippen LogP contribution in [0.3, 0.4) is 0 Å². The van der Waals surface area contributed by atoms with Gasteiger partial charge in [0, 0.05) is 12.6 Å². The van der Waals surface area contributed by atoms with E-state index in [1.54, 1.807) is 0 Å². The Bertz CT molecular complexity index is 395. The van der Waals surface area contributed by atoms with Crippen molar-refractivity contribution in [3.8, 4) is 0 Å². The number of likely N-dealkylation sites (N-methyl/N-ethyl adjacent to an activating group) is 1. The largest absolute Gasteiger partial charge is 0.319 e. The summed E-state index contributed by atoms with van der Waals surface area (Å²) in [5, 5.41) is 7.10. The minimum absolute atomic E-state index is 0.803. The van der Waals surface area contributed by atoms with Crippen LogP contribution in [0, 0.1) is 11.8 Å². The lowest BCUT2D eigenvalue weighted by atomic mass is 10.0.